The second kappa shape index (κ2) is 4.78. The lowest BCUT2D eigenvalue weighted by Gasteiger charge is -2.43. The molecular formula is C17H16FNO5. The summed E-state index contributed by atoms with van der Waals surface area (Å²) in [4.78, 5) is 37.3. The minimum atomic E-state index is -2.44. The van der Waals surface area contributed by atoms with Crippen molar-refractivity contribution in [3.8, 4) is 0 Å². The summed E-state index contributed by atoms with van der Waals surface area (Å²) in [6, 6.07) is 6.55. The van der Waals surface area contributed by atoms with E-state index in [1.54, 1.807) is 24.3 Å². The van der Waals surface area contributed by atoms with Crippen LogP contribution in [0.1, 0.15) is 41.3 Å². The van der Waals surface area contributed by atoms with Crippen molar-refractivity contribution in [2.75, 3.05) is 13.1 Å². The molecule has 1 aromatic carbocycles. The third-order valence-corrected chi connectivity index (χ3v) is 5.62. The molecule has 1 aliphatic carbocycles. The Morgan fingerprint density at radius 2 is 1.96 bits per heavy atom. The lowest BCUT2D eigenvalue weighted by atomic mass is 9.61. The fraction of sp³-hybridized carbons (Fsp3) is 0.471. The van der Waals surface area contributed by atoms with Crippen LogP contribution in [0.3, 0.4) is 0 Å². The molecule has 7 heteroatoms. The second-order valence-electron chi connectivity index (χ2n) is 6.81. The number of alkyl halides is 1. The molecule has 2 heterocycles. The zero-order chi connectivity index (χ0) is 17.1. The van der Waals surface area contributed by atoms with Crippen molar-refractivity contribution in [1.29, 1.82) is 0 Å². The third-order valence-electron chi connectivity index (χ3n) is 5.62. The van der Waals surface area contributed by atoms with Crippen molar-refractivity contribution >= 4 is 17.8 Å². The Hall–Kier alpha value is -2.44. The van der Waals surface area contributed by atoms with Gasteiger partial charge in [0.1, 0.15) is 0 Å². The summed E-state index contributed by atoms with van der Waals surface area (Å²) < 4.78 is 20.3. The predicted octanol–water partition coefficient (Wildman–Crippen LogP) is 1.70. The number of halogens is 1. The number of carbonyl (C=O) groups is 3. The highest BCUT2D eigenvalue weighted by molar-refractivity contribution is 6.00. The number of hydrogen-bond acceptors (Lipinski definition) is 4. The first-order valence-corrected chi connectivity index (χ1v) is 7.89. The highest BCUT2D eigenvalue weighted by atomic mass is 19.1. The van der Waals surface area contributed by atoms with Crippen LogP contribution in [0.2, 0.25) is 0 Å². The van der Waals surface area contributed by atoms with Crippen molar-refractivity contribution in [3.63, 3.8) is 0 Å². The number of cyclic esters (lactones) is 1. The quantitative estimate of drug-likeness (QED) is 0.833. The molecule has 2 aliphatic heterocycles. The molecule has 6 nitrogen and oxygen atoms in total. The van der Waals surface area contributed by atoms with Gasteiger partial charge in [0.05, 0.1) is 12.1 Å². The fourth-order valence-corrected chi connectivity index (χ4v) is 4.08. The van der Waals surface area contributed by atoms with Gasteiger partial charge in [0, 0.05) is 17.5 Å². The van der Waals surface area contributed by atoms with E-state index in [0.717, 1.165) is 6.42 Å². The Bertz CT molecular complexity index is 759. The number of amides is 1. The molecule has 1 aromatic rings. The van der Waals surface area contributed by atoms with E-state index in [4.69, 9.17) is 4.74 Å². The standard InChI is InChI=1S/C17H16FNO5/c18-17(15(22)23)9-19(8-16(17)6-3-7-16)13(20)12-10-4-1-2-5-11(10)14(21)24-12/h1-2,4-5,12H,3,6-9H2,(H,22,23). The van der Waals surface area contributed by atoms with E-state index in [2.05, 4.69) is 0 Å². The molecule has 126 valence electrons. The van der Waals surface area contributed by atoms with Crippen LogP contribution in [0.15, 0.2) is 24.3 Å². The summed E-state index contributed by atoms with van der Waals surface area (Å²) in [7, 11) is 0. The lowest BCUT2D eigenvalue weighted by molar-refractivity contribution is -0.162. The molecule has 1 saturated carbocycles. The number of likely N-dealkylation sites (tertiary alicyclic amines) is 1. The Labute approximate surface area is 137 Å². The SMILES string of the molecule is O=C1OC(C(=O)N2CC3(CCC3)C(F)(C(=O)O)C2)c2ccccc21. The van der Waals surface area contributed by atoms with Crippen molar-refractivity contribution in [2.45, 2.75) is 31.0 Å². The Morgan fingerprint density at radius 3 is 2.54 bits per heavy atom. The monoisotopic (exact) mass is 333 g/mol. The zero-order valence-corrected chi connectivity index (χ0v) is 12.8. The Morgan fingerprint density at radius 1 is 1.25 bits per heavy atom. The maximum Gasteiger partial charge on any atom is 0.344 e. The van der Waals surface area contributed by atoms with Crippen LogP contribution in [0.5, 0.6) is 0 Å². The van der Waals surface area contributed by atoms with E-state index in [1.165, 1.54) is 4.90 Å². The van der Waals surface area contributed by atoms with Gasteiger partial charge < -0.3 is 14.7 Å². The molecule has 2 atom stereocenters. The molecule has 2 fully saturated rings. The van der Waals surface area contributed by atoms with E-state index in [9.17, 15) is 19.5 Å². The summed E-state index contributed by atoms with van der Waals surface area (Å²) in [5.74, 6) is -2.67. The van der Waals surface area contributed by atoms with Crippen LogP contribution in [0.4, 0.5) is 4.39 Å². The van der Waals surface area contributed by atoms with Crippen LogP contribution in [-0.2, 0) is 14.3 Å². The number of ether oxygens (including phenoxy) is 1. The number of aliphatic carboxylic acids is 1. The largest absolute Gasteiger partial charge is 0.479 e. The molecule has 1 spiro atoms. The van der Waals surface area contributed by atoms with Crippen LogP contribution in [0, 0.1) is 5.41 Å². The van der Waals surface area contributed by atoms with Gasteiger partial charge in [-0.25, -0.2) is 14.0 Å². The topological polar surface area (TPSA) is 83.9 Å². The number of benzene rings is 1. The van der Waals surface area contributed by atoms with Gasteiger partial charge in [0.2, 0.25) is 11.8 Å². The maximum atomic E-state index is 15.1. The van der Waals surface area contributed by atoms with E-state index < -0.39 is 41.6 Å². The highest BCUT2D eigenvalue weighted by Gasteiger charge is 2.67. The minimum absolute atomic E-state index is 0.0465. The smallest absolute Gasteiger partial charge is 0.344 e. The van der Waals surface area contributed by atoms with E-state index in [0.29, 0.717) is 24.0 Å². The predicted molar refractivity (Wildman–Crippen MR) is 78.9 cm³/mol. The first-order valence-electron chi connectivity index (χ1n) is 7.89. The van der Waals surface area contributed by atoms with Crippen LogP contribution >= 0.6 is 0 Å². The highest BCUT2D eigenvalue weighted by Crippen LogP contribution is 2.56. The first-order chi connectivity index (χ1) is 11.4. The molecule has 3 aliphatic rings. The average Bonchev–Trinajstić information content (AvgIpc) is 3.03. The van der Waals surface area contributed by atoms with Gasteiger partial charge in [0.15, 0.2) is 0 Å². The number of hydrogen-bond donors (Lipinski definition) is 1. The van der Waals surface area contributed by atoms with Gasteiger partial charge in [-0.05, 0) is 18.9 Å². The van der Waals surface area contributed by atoms with E-state index >= 15 is 4.39 Å². The summed E-state index contributed by atoms with van der Waals surface area (Å²) >= 11 is 0. The van der Waals surface area contributed by atoms with Crippen molar-refractivity contribution < 1.29 is 28.6 Å². The van der Waals surface area contributed by atoms with Crippen molar-refractivity contribution in [3.05, 3.63) is 35.4 Å². The number of carboxylic acid groups (broad SMARTS) is 1. The number of rotatable bonds is 2. The summed E-state index contributed by atoms with van der Waals surface area (Å²) in [6.45, 7) is -0.456. The lowest BCUT2D eigenvalue weighted by Crippen LogP contribution is -2.53. The van der Waals surface area contributed by atoms with E-state index in [-0.39, 0.29) is 6.54 Å². The van der Waals surface area contributed by atoms with Gasteiger partial charge in [0.25, 0.3) is 5.91 Å². The van der Waals surface area contributed by atoms with Crippen molar-refractivity contribution in [2.24, 2.45) is 5.41 Å². The Kier molecular flexibility index (Phi) is 3.01. The minimum Gasteiger partial charge on any atom is -0.479 e. The normalized spacial score (nSPS) is 30.0. The van der Waals surface area contributed by atoms with Gasteiger partial charge in [-0.1, -0.05) is 24.6 Å². The molecule has 0 bridgehead atoms. The van der Waals surface area contributed by atoms with Crippen LogP contribution in [-0.4, -0.2) is 46.6 Å². The second-order valence-corrected chi connectivity index (χ2v) is 6.81. The number of carboxylic acids is 1. The molecule has 1 amide bonds. The number of esters is 1. The summed E-state index contributed by atoms with van der Waals surface area (Å²) in [6.07, 6.45) is 0.519. The zero-order valence-electron chi connectivity index (χ0n) is 12.8. The molecule has 24 heavy (non-hydrogen) atoms. The molecule has 1 N–H and O–H groups in total. The number of carbonyl (C=O) groups excluding carboxylic acids is 2. The molecule has 0 aromatic heterocycles. The number of nitrogens with zero attached hydrogens (tertiary/aromatic N) is 1. The summed E-state index contributed by atoms with van der Waals surface area (Å²) in [5.41, 5.74) is -2.69. The van der Waals surface area contributed by atoms with Gasteiger partial charge in [-0.15, -0.1) is 0 Å². The molecular weight excluding hydrogens is 317 g/mol. The molecule has 0 radical (unpaired) electrons. The molecule has 2 unspecified atom stereocenters. The van der Waals surface area contributed by atoms with Gasteiger partial charge in [-0.3, -0.25) is 4.79 Å². The van der Waals surface area contributed by atoms with Gasteiger partial charge in [-0.2, -0.15) is 0 Å². The fourth-order valence-electron chi connectivity index (χ4n) is 4.08. The van der Waals surface area contributed by atoms with E-state index in [1.807, 2.05) is 0 Å². The first kappa shape index (κ1) is 15.1. The maximum absolute atomic E-state index is 15.1. The molecule has 1 saturated heterocycles. The molecule has 4 rings (SSSR count). The average molecular weight is 333 g/mol. The van der Waals surface area contributed by atoms with Crippen LogP contribution in [0.25, 0.3) is 0 Å². The van der Waals surface area contributed by atoms with Crippen molar-refractivity contribution in [1.82, 2.24) is 4.90 Å². The number of fused-ring (bicyclic) bond motifs is 1. The third kappa shape index (κ3) is 1.78. The summed E-state index contributed by atoms with van der Waals surface area (Å²) in [5, 5.41) is 9.34. The van der Waals surface area contributed by atoms with Gasteiger partial charge >= 0.3 is 11.9 Å². The van der Waals surface area contributed by atoms with Crippen LogP contribution < -0.4 is 0 Å². The Balaban J connectivity index is 1.63.